The van der Waals surface area contributed by atoms with E-state index in [1.165, 1.54) is 6.20 Å². The predicted octanol–water partition coefficient (Wildman–Crippen LogP) is 0.622. The van der Waals surface area contributed by atoms with E-state index >= 15 is 0 Å². The molecule has 0 aromatic carbocycles. The third-order valence-corrected chi connectivity index (χ3v) is 2.26. The second-order valence-corrected chi connectivity index (χ2v) is 3.19. The highest BCUT2D eigenvalue weighted by molar-refractivity contribution is 6.29. The standard InChI is InChI=1S/C7H7ClN4O2/c1-12-3(8)2-10-6(12)4-5(9)11-7(13)14-4/h2,4H,1H3,(H2,9,11,13). The van der Waals surface area contributed by atoms with Crippen molar-refractivity contribution in [1.29, 1.82) is 0 Å². The summed E-state index contributed by atoms with van der Waals surface area (Å²) < 4.78 is 6.42. The van der Waals surface area contributed by atoms with Gasteiger partial charge in [0.25, 0.3) is 0 Å². The third kappa shape index (κ3) is 1.24. The molecule has 2 rings (SSSR count). The van der Waals surface area contributed by atoms with Crippen molar-refractivity contribution in [2.45, 2.75) is 6.10 Å². The fourth-order valence-electron chi connectivity index (χ4n) is 1.18. The third-order valence-electron chi connectivity index (χ3n) is 1.91. The fourth-order valence-corrected chi connectivity index (χ4v) is 1.32. The fraction of sp³-hybridized carbons (Fsp3) is 0.286. The van der Waals surface area contributed by atoms with Gasteiger partial charge < -0.3 is 15.0 Å². The Kier molecular flexibility index (Phi) is 1.92. The van der Waals surface area contributed by atoms with Gasteiger partial charge in [-0.3, -0.25) is 0 Å². The van der Waals surface area contributed by atoms with E-state index in [1.54, 1.807) is 11.6 Å². The van der Waals surface area contributed by atoms with Crippen molar-refractivity contribution in [1.82, 2.24) is 9.55 Å². The van der Waals surface area contributed by atoms with Gasteiger partial charge >= 0.3 is 6.09 Å². The van der Waals surface area contributed by atoms with Crippen LogP contribution in [0.3, 0.4) is 0 Å². The molecule has 1 atom stereocenters. The number of cyclic esters (lactones) is 1. The maximum absolute atomic E-state index is 10.8. The van der Waals surface area contributed by atoms with Crippen LogP contribution in [0.15, 0.2) is 11.2 Å². The van der Waals surface area contributed by atoms with Gasteiger partial charge in [-0.05, 0) is 0 Å². The molecule has 7 heteroatoms. The van der Waals surface area contributed by atoms with E-state index < -0.39 is 12.2 Å². The topological polar surface area (TPSA) is 82.5 Å². The van der Waals surface area contributed by atoms with E-state index in [4.69, 9.17) is 22.1 Å². The van der Waals surface area contributed by atoms with Gasteiger partial charge in [0.1, 0.15) is 5.15 Å². The van der Waals surface area contributed by atoms with Gasteiger partial charge in [-0.15, -0.1) is 0 Å². The Morgan fingerprint density at radius 3 is 2.86 bits per heavy atom. The smallest absolute Gasteiger partial charge is 0.428 e. The Balaban J connectivity index is 2.38. The summed E-state index contributed by atoms with van der Waals surface area (Å²) in [5.41, 5.74) is 5.49. The Bertz CT molecular complexity index is 425. The second-order valence-electron chi connectivity index (χ2n) is 2.80. The van der Waals surface area contributed by atoms with Crippen LogP contribution < -0.4 is 5.73 Å². The number of carbonyl (C=O) groups excluding carboxylic acids is 1. The van der Waals surface area contributed by atoms with Crippen molar-refractivity contribution < 1.29 is 9.53 Å². The van der Waals surface area contributed by atoms with Crippen molar-refractivity contribution in [3.8, 4) is 0 Å². The zero-order chi connectivity index (χ0) is 10.3. The van der Waals surface area contributed by atoms with Gasteiger partial charge in [0.05, 0.1) is 6.20 Å². The number of rotatable bonds is 1. The van der Waals surface area contributed by atoms with Crippen molar-refractivity contribution in [3.63, 3.8) is 0 Å². The SMILES string of the molecule is Cn1c(Cl)cnc1C1OC(=O)N=C1N. The van der Waals surface area contributed by atoms with Gasteiger partial charge in [-0.2, -0.15) is 4.99 Å². The number of amides is 1. The lowest BCUT2D eigenvalue weighted by Gasteiger charge is -2.08. The first-order valence-corrected chi connectivity index (χ1v) is 4.19. The van der Waals surface area contributed by atoms with Gasteiger partial charge in [0, 0.05) is 7.05 Å². The first-order valence-electron chi connectivity index (χ1n) is 3.81. The molecule has 0 saturated heterocycles. The predicted molar refractivity (Wildman–Crippen MR) is 49.1 cm³/mol. The minimum absolute atomic E-state index is 0.0976. The van der Waals surface area contributed by atoms with Crippen molar-refractivity contribution >= 4 is 23.5 Å². The molecule has 1 aliphatic heterocycles. The number of aromatic nitrogens is 2. The van der Waals surface area contributed by atoms with Crippen LogP contribution in [-0.2, 0) is 11.8 Å². The molecule has 74 valence electrons. The Morgan fingerprint density at radius 1 is 1.71 bits per heavy atom. The Morgan fingerprint density at radius 2 is 2.43 bits per heavy atom. The molecule has 0 aliphatic carbocycles. The van der Waals surface area contributed by atoms with Crippen molar-refractivity contribution in [2.24, 2.45) is 17.8 Å². The number of amidine groups is 1. The van der Waals surface area contributed by atoms with Crippen LogP contribution in [0.2, 0.25) is 5.15 Å². The van der Waals surface area contributed by atoms with Crippen molar-refractivity contribution in [3.05, 3.63) is 17.2 Å². The molecule has 6 nitrogen and oxygen atoms in total. The Labute approximate surface area is 84.3 Å². The molecule has 0 spiro atoms. The number of hydrogen-bond acceptors (Lipinski definition) is 4. The number of ether oxygens (including phenoxy) is 1. The maximum atomic E-state index is 10.8. The summed E-state index contributed by atoms with van der Waals surface area (Å²) in [6, 6.07) is 0. The van der Waals surface area contributed by atoms with Crippen LogP contribution in [0.25, 0.3) is 0 Å². The van der Waals surface area contributed by atoms with Crippen LogP contribution in [0, 0.1) is 0 Å². The maximum Gasteiger partial charge on any atom is 0.436 e. The molecule has 0 bridgehead atoms. The second kappa shape index (κ2) is 2.98. The first-order chi connectivity index (χ1) is 6.59. The molecule has 0 radical (unpaired) electrons. The number of nitrogens with zero attached hydrogens (tertiary/aromatic N) is 3. The number of imidazole rings is 1. The summed E-state index contributed by atoms with van der Waals surface area (Å²) in [6.45, 7) is 0. The van der Waals surface area contributed by atoms with Crippen LogP contribution in [0.4, 0.5) is 4.79 Å². The summed E-state index contributed by atoms with van der Waals surface area (Å²) >= 11 is 5.77. The molecule has 1 aliphatic rings. The lowest BCUT2D eigenvalue weighted by molar-refractivity contribution is 0.144. The number of carbonyl (C=O) groups is 1. The zero-order valence-corrected chi connectivity index (χ0v) is 8.02. The Hall–Kier alpha value is -1.56. The lowest BCUT2D eigenvalue weighted by atomic mass is 10.3. The van der Waals surface area contributed by atoms with Crippen molar-refractivity contribution in [2.75, 3.05) is 0 Å². The molecule has 1 unspecified atom stereocenters. The van der Waals surface area contributed by atoms with E-state index in [0.29, 0.717) is 11.0 Å². The summed E-state index contributed by atoms with van der Waals surface area (Å²) in [4.78, 5) is 18.2. The van der Waals surface area contributed by atoms with Crippen LogP contribution >= 0.6 is 11.6 Å². The average molecular weight is 215 g/mol. The molecule has 2 heterocycles. The van der Waals surface area contributed by atoms with Gasteiger partial charge in [0.15, 0.2) is 11.7 Å². The van der Waals surface area contributed by atoms with Gasteiger partial charge in [-0.1, -0.05) is 11.6 Å². The summed E-state index contributed by atoms with van der Waals surface area (Å²) in [7, 11) is 1.70. The average Bonchev–Trinajstić information content (AvgIpc) is 2.59. The summed E-state index contributed by atoms with van der Waals surface area (Å²) in [5, 5.41) is 0.441. The summed E-state index contributed by atoms with van der Waals surface area (Å²) in [6.07, 6.45) is 0.0303. The number of hydrogen-bond donors (Lipinski definition) is 1. The van der Waals surface area contributed by atoms with E-state index in [-0.39, 0.29) is 5.84 Å². The highest BCUT2D eigenvalue weighted by Crippen LogP contribution is 2.23. The molecule has 0 saturated carbocycles. The number of halogens is 1. The molecule has 14 heavy (non-hydrogen) atoms. The number of aliphatic imine (C=N–C) groups is 1. The highest BCUT2D eigenvalue weighted by atomic mass is 35.5. The lowest BCUT2D eigenvalue weighted by Crippen LogP contribution is -2.21. The molecule has 2 N–H and O–H groups in total. The van der Waals surface area contributed by atoms with E-state index in [2.05, 4.69) is 9.98 Å². The monoisotopic (exact) mass is 214 g/mol. The molecular weight excluding hydrogens is 208 g/mol. The van der Waals surface area contributed by atoms with Gasteiger partial charge in [0.2, 0.25) is 6.10 Å². The largest absolute Gasteiger partial charge is 0.436 e. The molecule has 0 fully saturated rings. The minimum atomic E-state index is -0.722. The molecule has 1 amide bonds. The highest BCUT2D eigenvalue weighted by Gasteiger charge is 2.31. The minimum Gasteiger partial charge on any atom is -0.428 e. The quantitative estimate of drug-likeness (QED) is 0.743. The van der Waals surface area contributed by atoms with E-state index in [9.17, 15) is 4.79 Å². The van der Waals surface area contributed by atoms with E-state index in [1.807, 2.05) is 0 Å². The zero-order valence-electron chi connectivity index (χ0n) is 7.27. The normalized spacial score (nSPS) is 20.9. The van der Waals surface area contributed by atoms with Gasteiger partial charge in [-0.25, -0.2) is 9.78 Å². The molecule has 1 aromatic rings. The first kappa shape index (κ1) is 9.01. The van der Waals surface area contributed by atoms with E-state index in [0.717, 1.165) is 0 Å². The number of nitrogens with two attached hydrogens (primary N) is 1. The van der Waals surface area contributed by atoms with Crippen LogP contribution in [0.1, 0.15) is 11.9 Å². The molecule has 1 aromatic heterocycles. The summed E-state index contributed by atoms with van der Waals surface area (Å²) in [5.74, 6) is 0.558. The molecular formula is C7H7ClN4O2. The van der Waals surface area contributed by atoms with Crippen LogP contribution in [0.5, 0.6) is 0 Å². The van der Waals surface area contributed by atoms with Crippen LogP contribution in [-0.4, -0.2) is 21.5 Å².